The number of hydrogen-bond donors (Lipinski definition) is 1. The maximum atomic E-state index is 12.7. The number of allylic oxidation sites excluding steroid dienone is 4. The van der Waals surface area contributed by atoms with Crippen LogP contribution >= 0.6 is 0 Å². The Labute approximate surface area is 138 Å². The number of hydrogen-bond acceptors (Lipinski definition) is 2. The number of halogens is 6. The molecular weight excluding hydrogens is 352 g/mol. The highest BCUT2D eigenvalue weighted by molar-refractivity contribution is 5.92. The lowest BCUT2D eigenvalue weighted by atomic mass is 9.90. The summed E-state index contributed by atoms with van der Waals surface area (Å²) in [5.41, 5.74) is 4.57. The molecule has 1 aromatic carbocycles. The summed E-state index contributed by atoms with van der Waals surface area (Å²) in [5, 5.41) is 0. The van der Waals surface area contributed by atoms with Crippen LogP contribution in [-0.2, 0) is 0 Å². The van der Waals surface area contributed by atoms with E-state index in [9.17, 15) is 31.1 Å². The molecule has 0 bridgehead atoms. The third-order valence-corrected chi connectivity index (χ3v) is 3.56. The van der Waals surface area contributed by atoms with Crippen molar-refractivity contribution in [2.45, 2.75) is 25.2 Å². The second kappa shape index (κ2) is 6.81. The van der Waals surface area contributed by atoms with Crippen LogP contribution in [0.2, 0.25) is 0 Å². The van der Waals surface area contributed by atoms with Gasteiger partial charge in [-0.05, 0) is 42.3 Å². The van der Waals surface area contributed by atoms with Gasteiger partial charge < -0.3 is 10.5 Å². The molecule has 0 aromatic heterocycles. The lowest BCUT2D eigenvalue weighted by Crippen LogP contribution is -2.38. The van der Waals surface area contributed by atoms with E-state index >= 15 is 0 Å². The van der Waals surface area contributed by atoms with Gasteiger partial charge in [0.2, 0.25) is 5.91 Å². The van der Waals surface area contributed by atoms with Gasteiger partial charge in [0.05, 0.1) is 0 Å². The van der Waals surface area contributed by atoms with Crippen molar-refractivity contribution in [3.8, 4) is 5.75 Å². The number of primary amides is 1. The molecule has 9 heteroatoms. The van der Waals surface area contributed by atoms with Gasteiger partial charge in [0.25, 0.3) is 0 Å². The van der Waals surface area contributed by atoms with Gasteiger partial charge in [-0.15, -0.1) is 0 Å². The van der Waals surface area contributed by atoms with E-state index in [1.54, 1.807) is 0 Å². The van der Waals surface area contributed by atoms with Gasteiger partial charge in [0, 0.05) is 12.0 Å². The van der Waals surface area contributed by atoms with Crippen molar-refractivity contribution in [2.24, 2.45) is 11.7 Å². The van der Waals surface area contributed by atoms with Crippen molar-refractivity contribution in [2.75, 3.05) is 0 Å². The molecule has 0 fully saturated rings. The molecule has 3 nitrogen and oxygen atoms in total. The number of carbonyl (C=O) groups excluding carboxylic acids is 1. The van der Waals surface area contributed by atoms with Crippen molar-refractivity contribution in [3.63, 3.8) is 0 Å². The second-order valence-electron chi connectivity index (χ2n) is 5.38. The molecule has 1 amide bonds. The minimum absolute atomic E-state index is 0.105. The molecule has 0 atom stereocenters. The van der Waals surface area contributed by atoms with Crippen LogP contribution < -0.4 is 10.5 Å². The monoisotopic (exact) mass is 365 g/mol. The fourth-order valence-electron chi connectivity index (χ4n) is 2.40. The molecule has 0 saturated heterocycles. The second-order valence-corrected chi connectivity index (χ2v) is 5.38. The Balaban J connectivity index is 2.15. The number of rotatable bonds is 4. The first kappa shape index (κ1) is 18.9. The van der Waals surface area contributed by atoms with E-state index in [-0.39, 0.29) is 23.5 Å². The summed E-state index contributed by atoms with van der Waals surface area (Å²) < 4.78 is 81.6. The summed E-state index contributed by atoms with van der Waals surface area (Å²) in [6.07, 6.45) is -9.45. The molecule has 0 spiro atoms. The molecule has 2 N–H and O–H groups in total. The highest BCUT2D eigenvalue weighted by atomic mass is 19.4. The first-order valence-electron chi connectivity index (χ1n) is 7.09. The molecule has 1 aliphatic rings. The average molecular weight is 365 g/mol. The third-order valence-electron chi connectivity index (χ3n) is 3.56. The zero-order valence-electron chi connectivity index (χ0n) is 12.6. The van der Waals surface area contributed by atoms with Crippen molar-refractivity contribution in [1.82, 2.24) is 0 Å². The molecule has 0 radical (unpaired) electrons. The van der Waals surface area contributed by atoms with Gasteiger partial charge in [0.15, 0.2) is 5.92 Å². The molecular formula is C16H13F6NO2. The Morgan fingerprint density at radius 3 is 1.92 bits per heavy atom. The third kappa shape index (κ3) is 4.77. The number of nitrogens with two attached hydrogens (primary N) is 1. The Morgan fingerprint density at radius 1 is 0.960 bits per heavy atom. The van der Waals surface area contributed by atoms with Crippen molar-refractivity contribution in [3.05, 3.63) is 53.3 Å². The number of amides is 1. The minimum atomic E-state index is -5.40. The Hall–Kier alpha value is -2.45. The summed E-state index contributed by atoms with van der Waals surface area (Å²) in [7, 11) is 0. The molecule has 1 aromatic rings. The summed E-state index contributed by atoms with van der Waals surface area (Å²) in [6, 6.07) is 5.64. The van der Waals surface area contributed by atoms with Crippen LogP contribution in [0.1, 0.15) is 23.2 Å². The van der Waals surface area contributed by atoms with Crippen molar-refractivity contribution >= 4 is 5.91 Å². The lowest BCUT2D eigenvalue weighted by molar-refractivity contribution is -0.272. The number of benzene rings is 1. The summed E-state index contributed by atoms with van der Waals surface area (Å²) in [4.78, 5) is 10.9. The normalized spacial score (nSPS) is 15.6. The highest BCUT2D eigenvalue weighted by Gasteiger charge is 2.58. The van der Waals surface area contributed by atoms with E-state index in [1.165, 1.54) is 24.3 Å². The van der Waals surface area contributed by atoms with E-state index in [0.717, 1.165) is 12.2 Å². The van der Waals surface area contributed by atoms with Gasteiger partial charge in [-0.25, -0.2) is 0 Å². The average Bonchev–Trinajstić information content (AvgIpc) is 2.47. The maximum Gasteiger partial charge on any atom is 0.404 e. The molecule has 0 saturated carbocycles. The molecule has 136 valence electrons. The number of alkyl halides is 6. The van der Waals surface area contributed by atoms with Crippen LogP contribution in [0.3, 0.4) is 0 Å². The van der Waals surface area contributed by atoms with Crippen LogP contribution in [0.5, 0.6) is 5.75 Å². The molecule has 1 aliphatic carbocycles. The van der Waals surface area contributed by atoms with E-state index in [2.05, 4.69) is 0 Å². The molecule has 25 heavy (non-hydrogen) atoms. The SMILES string of the molecule is NC(=O)c1ccc(OC2=CC=C(C(C(F)(F)F)C(F)(F)F)CC2)cc1. The Kier molecular flexibility index (Phi) is 5.15. The lowest BCUT2D eigenvalue weighted by Gasteiger charge is -2.27. The van der Waals surface area contributed by atoms with Crippen LogP contribution in [0.25, 0.3) is 0 Å². The predicted octanol–water partition coefficient (Wildman–Crippen LogP) is 4.51. The standard InChI is InChI=1S/C16H13F6NO2/c17-15(18,19)13(16(20,21)22)9-1-5-11(6-2-9)25-12-7-3-10(4-8-12)14(23)24/h1,3-5,7-8,13H,2,6H2,(H2,23,24). The Bertz CT molecular complexity index is 687. The quantitative estimate of drug-likeness (QED) is 0.799. The van der Waals surface area contributed by atoms with Gasteiger partial charge in [-0.2, -0.15) is 26.3 Å². The van der Waals surface area contributed by atoms with Gasteiger partial charge in [0.1, 0.15) is 11.5 Å². The molecule has 0 unspecified atom stereocenters. The van der Waals surface area contributed by atoms with E-state index in [1.807, 2.05) is 0 Å². The molecule has 0 heterocycles. The molecule has 0 aliphatic heterocycles. The Morgan fingerprint density at radius 2 is 1.52 bits per heavy atom. The number of ether oxygens (including phenoxy) is 1. The summed E-state index contributed by atoms with van der Waals surface area (Å²) >= 11 is 0. The zero-order valence-corrected chi connectivity index (χ0v) is 12.6. The van der Waals surface area contributed by atoms with Crippen LogP contribution in [-0.4, -0.2) is 18.3 Å². The number of carbonyl (C=O) groups is 1. The van der Waals surface area contributed by atoms with Crippen molar-refractivity contribution in [1.29, 1.82) is 0 Å². The van der Waals surface area contributed by atoms with Gasteiger partial charge >= 0.3 is 12.4 Å². The van der Waals surface area contributed by atoms with E-state index < -0.39 is 36.2 Å². The first-order valence-corrected chi connectivity index (χ1v) is 7.09. The highest BCUT2D eigenvalue weighted by Crippen LogP contribution is 2.46. The largest absolute Gasteiger partial charge is 0.462 e. The maximum absolute atomic E-state index is 12.7. The fourth-order valence-corrected chi connectivity index (χ4v) is 2.40. The van der Waals surface area contributed by atoms with Crippen LogP contribution in [0.15, 0.2) is 47.7 Å². The summed E-state index contributed by atoms with van der Waals surface area (Å²) in [5.74, 6) is -3.61. The van der Waals surface area contributed by atoms with Crippen LogP contribution in [0.4, 0.5) is 26.3 Å². The minimum Gasteiger partial charge on any atom is -0.462 e. The predicted molar refractivity (Wildman–Crippen MR) is 76.6 cm³/mol. The van der Waals surface area contributed by atoms with Crippen LogP contribution in [0, 0.1) is 5.92 Å². The first-order chi connectivity index (χ1) is 11.5. The van der Waals surface area contributed by atoms with E-state index in [4.69, 9.17) is 10.5 Å². The zero-order chi connectivity index (χ0) is 18.8. The topological polar surface area (TPSA) is 52.3 Å². The fraction of sp³-hybridized carbons (Fsp3) is 0.312. The van der Waals surface area contributed by atoms with Gasteiger partial charge in [-0.3, -0.25) is 4.79 Å². The van der Waals surface area contributed by atoms with Crippen molar-refractivity contribution < 1.29 is 35.9 Å². The summed E-state index contributed by atoms with van der Waals surface area (Å²) in [6.45, 7) is 0. The van der Waals surface area contributed by atoms with Gasteiger partial charge in [-0.1, -0.05) is 6.08 Å². The van der Waals surface area contributed by atoms with E-state index in [0.29, 0.717) is 0 Å². The molecule has 2 rings (SSSR count). The smallest absolute Gasteiger partial charge is 0.404 e.